The monoisotopic (exact) mass is 330 g/mol. The Morgan fingerprint density at radius 1 is 1.29 bits per heavy atom. The van der Waals surface area contributed by atoms with Crippen LogP contribution in [0.2, 0.25) is 0 Å². The molecule has 0 saturated heterocycles. The van der Waals surface area contributed by atoms with Crippen LogP contribution >= 0.6 is 0 Å². The van der Waals surface area contributed by atoms with E-state index in [0.29, 0.717) is 37.3 Å². The minimum atomic E-state index is 0.00530. The molecule has 2 rings (SSSR count). The third kappa shape index (κ3) is 6.20. The van der Waals surface area contributed by atoms with Gasteiger partial charge in [-0.15, -0.1) is 0 Å². The van der Waals surface area contributed by atoms with Crippen molar-refractivity contribution in [1.29, 1.82) is 0 Å². The maximum absolute atomic E-state index is 11.7. The van der Waals surface area contributed by atoms with E-state index < -0.39 is 0 Å². The van der Waals surface area contributed by atoms with Crippen molar-refractivity contribution in [3.05, 3.63) is 42.5 Å². The SMILES string of the molecule is CC(=O)c1cccc(OCCCC(=O)NCCCn2cncn2)c1. The predicted octanol–water partition coefficient (Wildman–Crippen LogP) is 1.85. The molecule has 0 spiro atoms. The number of amides is 1. The van der Waals surface area contributed by atoms with E-state index in [2.05, 4.69) is 15.4 Å². The highest BCUT2D eigenvalue weighted by molar-refractivity contribution is 5.94. The Balaban J connectivity index is 1.56. The Labute approximate surface area is 141 Å². The lowest BCUT2D eigenvalue weighted by molar-refractivity contribution is -0.121. The van der Waals surface area contributed by atoms with Gasteiger partial charge in [0.15, 0.2) is 5.78 Å². The van der Waals surface area contributed by atoms with Crippen molar-refractivity contribution in [2.45, 2.75) is 32.7 Å². The van der Waals surface area contributed by atoms with Gasteiger partial charge in [-0.05, 0) is 31.9 Å². The first kappa shape index (κ1) is 17.7. The zero-order valence-electron chi connectivity index (χ0n) is 13.8. The topological polar surface area (TPSA) is 86.1 Å². The van der Waals surface area contributed by atoms with Gasteiger partial charge in [-0.2, -0.15) is 5.10 Å². The van der Waals surface area contributed by atoms with Crippen LogP contribution in [0.3, 0.4) is 0 Å². The van der Waals surface area contributed by atoms with Crippen molar-refractivity contribution in [1.82, 2.24) is 20.1 Å². The Hall–Kier alpha value is -2.70. The van der Waals surface area contributed by atoms with Crippen molar-refractivity contribution in [3.8, 4) is 5.75 Å². The van der Waals surface area contributed by atoms with Gasteiger partial charge in [-0.1, -0.05) is 12.1 Å². The molecule has 1 aromatic carbocycles. The summed E-state index contributed by atoms with van der Waals surface area (Å²) in [5, 5.41) is 6.86. The van der Waals surface area contributed by atoms with Gasteiger partial charge in [0.05, 0.1) is 6.61 Å². The summed E-state index contributed by atoms with van der Waals surface area (Å²) in [6.45, 7) is 3.30. The van der Waals surface area contributed by atoms with Crippen LogP contribution in [0.1, 0.15) is 36.5 Å². The lowest BCUT2D eigenvalue weighted by Crippen LogP contribution is -2.25. The Bertz CT molecular complexity index is 656. The van der Waals surface area contributed by atoms with Crippen LogP contribution in [0, 0.1) is 0 Å². The van der Waals surface area contributed by atoms with Crippen LogP contribution in [0.5, 0.6) is 5.75 Å². The molecule has 1 heterocycles. The zero-order chi connectivity index (χ0) is 17.2. The molecule has 7 nitrogen and oxygen atoms in total. The first-order valence-corrected chi connectivity index (χ1v) is 7.98. The van der Waals surface area contributed by atoms with Gasteiger partial charge in [0.1, 0.15) is 18.4 Å². The normalized spacial score (nSPS) is 10.4. The second-order valence-corrected chi connectivity index (χ2v) is 5.40. The van der Waals surface area contributed by atoms with E-state index in [0.717, 1.165) is 13.0 Å². The van der Waals surface area contributed by atoms with Crippen LogP contribution < -0.4 is 10.1 Å². The Morgan fingerprint density at radius 2 is 2.17 bits per heavy atom. The van der Waals surface area contributed by atoms with Gasteiger partial charge in [0, 0.05) is 25.1 Å². The summed E-state index contributed by atoms with van der Waals surface area (Å²) in [4.78, 5) is 26.9. The second-order valence-electron chi connectivity index (χ2n) is 5.40. The lowest BCUT2D eigenvalue weighted by atomic mass is 10.1. The quantitative estimate of drug-likeness (QED) is 0.531. The molecule has 0 aliphatic rings. The summed E-state index contributed by atoms with van der Waals surface area (Å²) in [5.74, 6) is 0.663. The number of hydrogen-bond donors (Lipinski definition) is 1. The molecule has 1 amide bonds. The highest BCUT2D eigenvalue weighted by atomic mass is 16.5. The molecule has 1 N–H and O–H groups in total. The summed E-state index contributed by atoms with van der Waals surface area (Å²) < 4.78 is 7.30. The van der Waals surface area contributed by atoms with Crippen molar-refractivity contribution in [2.24, 2.45) is 0 Å². The van der Waals surface area contributed by atoms with E-state index in [1.807, 2.05) is 0 Å². The number of nitrogens with zero attached hydrogens (tertiary/aromatic N) is 3. The van der Waals surface area contributed by atoms with Crippen molar-refractivity contribution in [2.75, 3.05) is 13.2 Å². The van der Waals surface area contributed by atoms with E-state index >= 15 is 0 Å². The van der Waals surface area contributed by atoms with Gasteiger partial charge < -0.3 is 10.1 Å². The molecule has 0 bridgehead atoms. The molecular formula is C17H22N4O3. The molecule has 2 aromatic rings. The number of ether oxygens (including phenoxy) is 1. The number of carbonyl (C=O) groups excluding carboxylic acids is 2. The number of carbonyl (C=O) groups is 2. The van der Waals surface area contributed by atoms with Gasteiger partial charge in [0.2, 0.25) is 5.91 Å². The molecular weight excluding hydrogens is 308 g/mol. The van der Waals surface area contributed by atoms with Crippen LogP contribution in [-0.2, 0) is 11.3 Å². The first-order valence-electron chi connectivity index (χ1n) is 7.98. The summed E-state index contributed by atoms with van der Waals surface area (Å²) in [6, 6.07) is 7.05. The molecule has 0 radical (unpaired) electrons. The molecule has 0 unspecified atom stereocenters. The fourth-order valence-corrected chi connectivity index (χ4v) is 2.13. The van der Waals surface area contributed by atoms with Gasteiger partial charge in [-0.3, -0.25) is 14.3 Å². The van der Waals surface area contributed by atoms with Gasteiger partial charge >= 0.3 is 0 Å². The number of Topliss-reactive ketones (excluding diaryl/α,β-unsaturated/α-hetero) is 1. The molecule has 0 fully saturated rings. The van der Waals surface area contributed by atoms with E-state index in [9.17, 15) is 9.59 Å². The number of rotatable bonds is 10. The maximum atomic E-state index is 11.7. The average Bonchev–Trinajstić information content (AvgIpc) is 3.09. The Kier molecular flexibility index (Phi) is 6.94. The number of hydrogen-bond acceptors (Lipinski definition) is 5. The number of benzene rings is 1. The fourth-order valence-electron chi connectivity index (χ4n) is 2.13. The molecule has 1 aromatic heterocycles. The minimum absolute atomic E-state index is 0.00530. The third-order valence-electron chi connectivity index (χ3n) is 3.41. The average molecular weight is 330 g/mol. The van der Waals surface area contributed by atoms with Gasteiger partial charge in [-0.25, -0.2) is 4.98 Å². The van der Waals surface area contributed by atoms with Gasteiger partial charge in [0.25, 0.3) is 0 Å². The number of aryl methyl sites for hydroxylation is 1. The molecule has 0 aliphatic heterocycles. The minimum Gasteiger partial charge on any atom is -0.494 e. The van der Waals surface area contributed by atoms with E-state index in [1.165, 1.54) is 13.3 Å². The van der Waals surface area contributed by atoms with E-state index in [-0.39, 0.29) is 11.7 Å². The predicted molar refractivity (Wildman–Crippen MR) is 88.8 cm³/mol. The number of aromatic nitrogens is 3. The van der Waals surface area contributed by atoms with Crippen LogP contribution in [0.4, 0.5) is 0 Å². The zero-order valence-corrected chi connectivity index (χ0v) is 13.8. The molecule has 24 heavy (non-hydrogen) atoms. The molecule has 0 aliphatic carbocycles. The number of ketones is 1. The highest BCUT2D eigenvalue weighted by Crippen LogP contribution is 2.14. The fraction of sp³-hybridized carbons (Fsp3) is 0.412. The maximum Gasteiger partial charge on any atom is 0.220 e. The van der Waals surface area contributed by atoms with Crippen molar-refractivity contribution < 1.29 is 14.3 Å². The Morgan fingerprint density at radius 3 is 2.92 bits per heavy atom. The highest BCUT2D eigenvalue weighted by Gasteiger charge is 2.03. The van der Waals surface area contributed by atoms with Crippen LogP contribution in [-0.4, -0.2) is 39.6 Å². The van der Waals surface area contributed by atoms with Crippen LogP contribution in [0.25, 0.3) is 0 Å². The molecule has 128 valence electrons. The third-order valence-corrected chi connectivity index (χ3v) is 3.41. The summed E-state index contributed by atoms with van der Waals surface area (Å²) in [6.07, 6.45) is 4.99. The van der Waals surface area contributed by atoms with Crippen LogP contribution in [0.15, 0.2) is 36.9 Å². The summed E-state index contributed by atoms with van der Waals surface area (Å²) in [7, 11) is 0. The lowest BCUT2D eigenvalue weighted by Gasteiger charge is -2.08. The van der Waals surface area contributed by atoms with E-state index in [4.69, 9.17) is 4.74 Å². The second kappa shape index (κ2) is 9.44. The molecule has 7 heteroatoms. The molecule has 0 atom stereocenters. The standard InChI is InChI=1S/C17H22N4O3/c1-14(22)15-5-2-6-16(11-15)24-10-3-7-17(23)19-8-4-9-21-13-18-12-20-21/h2,5-6,11-13H,3-4,7-10H2,1H3,(H,19,23). The smallest absolute Gasteiger partial charge is 0.220 e. The molecule has 0 saturated carbocycles. The van der Waals surface area contributed by atoms with Crippen molar-refractivity contribution >= 4 is 11.7 Å². The van der Waals surface area contributed by atoms with Crippen molar-refractivity contribution in [3.63, 3.8) is 0 Å². The summed E-state index contributed by atoms with van der Waals surface area (Å²) in [5.41, 5.74) is 0.623. The largest absolute Gasteiger partial charge is 0.494 e. The van der Waals surface area contributed by atoms with E-state index in [1.54, 1.807) is 35.3 Å². The number of nitrogens with one attached hydrogen (secondary N) is 1. The summed E-state index contributed by atoms with van der Waals surface area (Å²) >= 11 is 0. The first-order chi connectivity index (χ1) is 11.6.